The lowest BCUT2D eigenvalue weighted by molar-refractivity contribution is -0.0689. The largest absolute Gasteiger partial charge is 0.310 e. The van der Waals surface area contributed by atoms with E-state index in [1.54, 1.807) is 12.1 Å². The van der Waals surface area contributed by atoms with E-state index in [9.17, 15) is 4.39 Å². The van der Waals surface area contributed by atoms with Crippen molar-refractivity contribution < 1.29 is 9.23 Å². The Bertz CT molecular complexity index is 538. The molecule has 2 aliphatic heterocycles. The van der Waals surface area contributed by atoms with Crippen molar-refractivity contribution in [3.63, 3.8) is 0 Å². The summed E-state index contributed by atoms with van der Waals surface area (Å²) in [7, 11) is 0. The van der Waals surface area contributed by atoms with Crippen molar-refractivity contribution in [1.29, 1.82) is 0 Å². The molecule has 1 aromatic carbocycles. The third-order valence-corrected chi connectivity index (χ3v) is 2.79. The van der Waals surface area contributed by atoms with Crippen LogP contribution in [0, 0.1) is 17.7 Å². The Hall–Kier alpha value is -1.83. The van der Waals surface area contributed by atoms with E-state index in [2.05, 4.69) is 22.6 Å². The molecule has 0 saturated carbocycles. The van der Waals surface area contributed by atoms with Crippen molar-refractivity contribution in [3.8, 4) is 11.8 Å². The van der Waals surface area contributed by atoms with Crippen LogP contribution in [0.5, 0.6) is 0 Å². The molecule has 0 atom stereocenters. The highest BCUT2D eigenvalue weighted by Gasteiger charge is 2.40. The second-order valence-electron chi connectivity index (χ2n) is 4.19. The average molecular weight is 230 g/mol. The first-order chi connectivity index (χ1) is 8.26. The maximum Gasteiger partial charge on any atom is 0.142 e. The summed E-state index contributed by atoms with van der Waals surface area (Å²) in [5.41, 5.74) is 3.94. The lowest BCUT2D eigenvalue weighted by Gasteiger charge is -2.34. The summed E-state index contributed by atoms with van der Waals surface area (Å²) in [5.74, 6) is 5.54. The summed E-state index contributed by atoms with van der Waals surface area (Å²) >= 11 is 0. The smallest absolute Gasteiger partial charge is 0.142 e. The predicted molar refractivity (Wildman–Crippen MR) is 61.2 cm³/mol. The molecule has 17 heavy (non-hydrogen) atoms. The van der Waals surface area contributed by atoms with Gasteiger partial charge in [0.25, 0.3) is 0 Å². The number of rotatable bonds is 0. The molecule has 4 heteroatoms. The standard InChI is InChI=1S/C13H11FN2O/c14-11-3-1-2-10(6-11)4-5-12-7-13(17-16-12)8-15-9-13/h1-3,6-7,15-16H,8-9H2. The van der Waals surface area contributed by atoms with Gasteiger partial charge >= 0.3 is 0 Å². The van der Waals surface area contributed by atoms with Gasteiger partial charge in [-0.1, -0.05) is 12.0 Å². The number of hydrogen-bond acceptors (Lipinski definition) is 3. The molecule has 0 aliphatic carbocycles. The summed E-state index contributed by atoms with van der Waals surface area (Å²) < 4.78 is 12.9. The molecule has 1 fully saturated rings. The van der Waals surface area contributed by atoms with Gasteiger partial charge in [-0.15, -0.1) is 0 Å². The molecule has 0 bridgehead atoms. The van der Waals surface area contributed by atoms with Crippen LogP contribution in [-0.4, -0.2) is 18.7 Å². The third kappa shape index (κ3) is 2.03. The third-order valence-electron chi connectivity index (χ3n) is 2.79. The van der Waals surface area contributed by atoms with E-state index in [-0.39, 0.29) is 11.4 Å². The SMILES string of the molecule is Fc1cccc(C#CC2=CC3(CNC3)ON2)c1. The zero-order valence-corrected chi connectivity index (χ0v) is 9.09. The molecular formula is C13H11FN2O. The number of hydrogen-bond donors (Lipinski definition) is 2. The van der Waals surface area contributed by atoms with Gasteiger partial charge in [0.05, 0.1) is 0 Å². The minimum absolute atomic E-state index is 0.230. The van der Waals surface area contributed by atoms with Gasteiger partial charge in [0, 0.05) is 18.7 Å². The fourth-order valence-electron chi connectivity index (χ4n) is 1.79. The molecule has 2 N–H and O–H groups in total. The normalized spacial score (nSPS) is 19.9. The van der Waals surface area contributed by atoms with Crippen LogP contribution in [0.3, 0.4) is 0 Å². The van der Waals surface area contributed by atoms with E-state index in [0.717, 1.165) is 18.8 Å². The Kier molecular flexibility index (Phi) is 2.36. The van der Waals surface area contributed by atoms with Gasteiger partial charge in [-0.05, 0) is 30.2 Å². The van der Waals surface area contributed by atoms with Gasteiger partial charge in [-0.3, -0.25) is 10.3 Å². The molecule has 0 radical (unpaired) electrons. The first-order valence-electron chi connectivity index (χ1n) is 5.41. The van der Waals surface area contributed by atoms with Gasteiger partial charge in [0.2, 0.25) is 0 Å². The van der Waals surface area contributed by atoms with E-state index < -0.39 is 0 Å². The summed E-state index contributed by atoms with van der Waals surface area (Å²) in [4.78, 5) is 5.42. The van der Waals surface area contributed by atoms with Crippen LogP contribution < -0.4 is 10.8 Å². The minimum atomic E-state index is -0.277. The average Bonchev–Trinajstić information content (AvgIpc) is 2.71. The quantitative estimate of drug-likeness (QED) is 0.651. The zero-order chi connectivity index (χ0) is 11.7. The summed E-state index contributed by atoms with van der Waals surface area (Å²) in [5, 5.41) is 3.14. The molecule has 0 unspecified atom stereocenters. The van der Waals surface area contributed by atoms with Crippen molar-refractivity contribution in [3.05, 3.63) is 47.4 Å². The van der Waals surface area contributed by atoms with E-state index in [1.807, 2.05) is 6.08 Å². The van der Waals surface area contributed by atoms with Crippen molar-refractivity contribution >= 4 is 0 Å². The van der Waals surface area contributed by atoms with E-state index in [4.69, 9.17) is 4.84 Å². The van der Waals surface area contributed by atoms with Crippen molar-refractivity contribution in [1.82, 2.24) is 10.8 Å². The summed E-state index contributed by atoms with van der Waals surface area (Å²) in [6.45, 7) is 1.59. The van der Waals surface area contributed by atoms with Crippen molar-refractivity contribution in [2.45, 2.75) is 5.60 Å². The van der Waals surface area contributed by atoms with Gasteiger partial charge in [-0.25, -0.2) is 4.39 Å². The van der Waals surface area contributed by atoms with Gasteiger partial charge in [-0.2, -0.15) is 0 Å². The van der Waals surface area contributed by atoms with Crippen LogP contribution in [0.4, 0.5) is 4.39 Å². The van der Waals surface area contributed by atoms with Crippen LogP contribution in [0.15, 0.2) is 36.0 Å². The molecule has 0 amide bonds. The van der Waals surface area contributed by atoms with Crippen LogP contribution in [-0.2, 0) is 4.84 Å². The van der Waals surface area contributed by atoms with E-state index in [1.165, 1.54) is 12.1 Å². The predicted octanol–water partition coefficient (Wildman–Crippen LogP) is 0.938. The molecule has 1 aromatic rings. The highest BCUT2D eigenvalue weighted by molar-refractivity contribution is 5.42. The Labute approximate surface area is 98.6 Å². The minimum Gasteiger partial charge on any atom is -0.310 e. The fraction of sp³-hybridized carbons (Fsp3) is 0.231. The highest BCUT2D eigenvalue weighted by atomic mass is 19.1. The van der Waals surface area contributed by atoms with Crippen molar-refractivity contribution in [2.24, 2.45) is 0 Å². The molecule has 1 saturated heterocycles. The molecule has 1 spiro atoms. The molecule has 3 rings (SSSR count). The van der Waals surface area contributed by atoms with E-state index >= 15 is 0 Å². The number of hydroxylamine groups is 1. The summed E-state index contributed by atoms with van der Waals surface area (Å²) in [6, 6.07) is 6.22. The topological polar surface area (TPSA) is 33.3 Å². The molecule has 0 aromatic heterocycles. The number of benzene rings is 1. The lowest BCUT2D eigenvalue weighted by Crippen LogP contribution is -2.59. The Morgan fingerprint density at radius 3 is 2.82 bits per heavy atom. The van der Waals surface area contributed by atoms with Crippen LogP contribution in [0.2, 0.25) is 0 Å². The number of nitrogens with one attached hydrogen (secondary N) is 2. The maximum absolute atomic E-state index is 12.9. The molecule has 2 heterocycles. The molecule has 2 aliphatic rings. The second kappa shape index (κ2) is 3.88. The van der Waals surface area contributed by atoms with Crippen LogP contribution in [0.25, 0.3) is 0 Å². The first-order valence-corrected chi connectivity index (χ1v) is 5.41. The number of halogens is 1. The first kappa shape index (κ1) is 10.3. The Morgan fingerprint density at radius 2 is 2.18 bits per heavy atom. The monoisotopic (exact) mass is 230 g/mol. The molecule has 3 nitrogen and oxygen atoms in total. The maximum atomic E-state index is 12.9. The fourth-order valence-corrected chi connectivity index (χ4v) is 1.79. The van der Waals surface area contributed by atoms with Crippen LogP contribution >= 0.6 is 0 Å². The second-order valence-corrected chi connectivity index (χ2v) is 4.19. The number of allylic oxidation sites excluding steroid dienone is 1. The van der Waals surface area contributed by atoms with Crippen molar-refractivity contribution in [2.75, 3.05) is 13.1 Å². The molecular weight excluding hydrogens is 219 g/mol. The Balaban J connectivity index is 1.78. The van der Waals surface area contributed by atoms with E-state index in [0.29, 0.717) is 5.56 Å². The van der Waals surface area contributed by atoms with Crippen LogP contribution in [0.1, 0.15) is 5.56 Å². The highest BCUT2D eigenvalue weighted by Crippen LogP contribution is 2.23. The summed E-state index contributed by atoms with van der Waals surface area (Å²) in [6.07, 6.45) is 1.97. The van der Waals surface area contributed by atoms with Gasteiger partial charge in [0.1, 0.15) is 17.1 Å². The zero-order valence-electron chi connectivity index (χ0n) is 9.09. The lowest BCUT2D eigenvalue weighted by atomic mass is 9.97. The Morgan fingerprint density at radius 1 is 1.29 bits per heavy atom. The van der Waals surface area contributed by atoms with Gasteiger partial charge in [0.15, 0.2) is 0 Å². The molecule has 86 valence electrons. The van der Waals surface area contributed by atoms with Gasteiger partial charge < -0.3 is 5.32 Å².